The van der Waals surface area contributed by atoms with Crippen LogP contribution in [0.3, 0.4) is 0 Å². The highest BCUT2D eigenvalue weighted by Crippen LogP contribution is 2.17. The Balaban J connectivity index is 1.95. The zero-order valence-electron chi connectivity index (χ0n) is 16.5. The number of benzene rings is 1. The first-order valence-electron chi connectivity index (χ1n) is 9.07. The maximum absolute atomic E-state index is 12.2. The second-order valence-electron chi connectivity index (χ2n) is 6.70. The average Bonchev–Trinajstić information content (AvgIpc) is 3.16. The molecule has 0 saturated carbocycles. The van der Waals surface area contributed by atoms with Crippen LogP contribution in [0, 0.1) is 11.3 Å². The highest BCUT2D eigenvalue weighted by Gasteiger charge is 2.26. The second-order valence-corrected chi connectivity index (χ2v) is 6.70. The molecule has 11 nitrogen and oxygen atoms in total. The summed E-state index contributed by atoms with van der Waals surface area (Å²) >= 11 is 0. The number of carboxylic acid groups (broad SMARTS) is 2. The minimum atomic E-state index is -1.55. The molecule has 1 heterocycles. The summed E-state index contributed by atoms with van der Waals surface area (Å²) in [5.41, 5.74) is 5.83. The van der Waals surface area contributed by atoms with E-state index in [1.54, 1.807) is 0 Å². The number of aliphatic carboxylic acids is 2. The maximum atomic E-state index is 12.2. The lowest BCUT2D eigenvalue weighted by molar-refractivity contribution is -0.147. The van der Waals surface area contributed by atoms with Gasteiger partial charge in [-0.05, 0) is 36.4 Å². The molecule has 0 radical (unpaired) electrons. The fourth-order valence-corrected chi connectivity index (χ4v) is 2.54. The van der Waals surface area contributed by atoms with Crippen LogP contribution in [0.1, 0.15) is 35.2 Å². The lowest BCUT2D eigenvalue weighted by Gasteiger charge is -2.15. The number of hydrogen-bond acceptors (Lipinski definition) is 7. The molecule has 0 unspecified atom stereocenters. The molecule has 1 amide bonds. The third-order valence-electron chi connectivity index (χ3n) is 4.19. The van der Waals surface area contributed by atoms with Gasteiger partial charge in [-0.25, -0.2) is 9.59 Å². The third-order valence-corrected chi connectivity index (χ3v) is 4.19. The van der Waals surface area contributed by atoms with E-state index in [2.05, 4.69) is 5.32 Å². The van der Waals surface area contributed by atoms with Crippen LogP contribution in [0.2, 0.25) is 0 Å². The topological polar surface area (TPSA) is 193 Å². The molecule has 0 aliphatic carbocycles. The van der Waals surface area contributed by atoms with Gasteiger partial charge < -0.3 is 30.4 Å². The molecule has 0 fully saturated rings. The van der Waals surface area contributed by atoms with Gasteiger partial charge >= 0.3 is 17.9 Å². The van der Waals surface area contributed by atoms with Gasteiger partial charge in [-0.2, -0.15) is 0 Å². The van der Waals surface area contributed by atoms with E-state index >= 15 is 0 Å². The van der Waals surface area contributed by atoms with Crippen LogP contribution in [-0.2, 0) is 20.8 Å². The van der Waals surface area contributed by atoms with Crippen LogP contribution in [-0.4, -0.2) is 45.9 Å². The number of hydrogen-bond donors (Lipinski definition) is 5. The first-order chi connectivity index (χ1) is 14.6. The highest BCUT2D eigenvalue weighted by atomic mass is 16.5. The summed E-state index contributed by atoms with van der Waals surface area (Å²) in [5.74, 6) is -4.72. The minimum Gasteiger partial charge on any atom is -0.481 e. The number of ether oxygens (including phenoxy) is 1. The Hall–Kier alpha value is -4.15. The molecule has 11 heteroatoms. The van der Waals surface area contributed by atoms with Crippen molar-refractivity contribution in [2.24, 2.45) is 11.7 Å². The molecule has 2 atom stereocenters. The predicted octanol–water partition coefficient (Wildman–Crippen LogP) is 1.01. The Labute approximate surface area is 176 Å². The molecule has 0 bridgehead atoms. The lowest BCUT2D eigenvalue weighted by atomic mass is 10.0. The van der Waals surface area contributed by atoms with E-state index in [0.29, 0.717) is 5.56 Å². The van der Waals surface area contributed by atoms with Gasteiger partial charge in [0.2, 0.25) is 11.7 Å². The van der Waals surface area contributed by atoms with Gasteiger partial charge in [0.05, 0.1) is 6.42 Å². The summed E-state index contributed by atoms with van der Waals surface area (Å²) < 4.78 is 10.6. The van der Waals surface area contributed by atoms with Gasteiger partial charge in [0.1, 0.15) is 23.4 Å². The average molecular weight is 431 g/mol. The van der Waals surface area contributed by atoms with Crippen LogP contribution in [0.5, 0.6) is 5.75 Å². The number of nitrogens with two attached hydrogens (primary N) is 1. The number of amides is 1. The summed E-state index contributed by atoms with van der Waals surface area (Å²) in [7, 11) is 0. The molecule has 2 aromatic rings. The summed E-state index contributed by atoms with van der Waals surface area (Å²) in [6, 6.07) is 7.29. The van der Waals surface area contributed by atoms with E-state index in [9.17, 15) is 19.2 Å². The molecule has 0 aliphatic rings. The smallest absolute Gasteiger partial charge is 0.379 e. The Morgan fingerprint density at radius 1 is 1.13 bits per heavy atom. The van der Waals surface area contributed by atoms with Crippen LogP contribution < -0.4 is 15.8 Å². The molecule has 0 spiro atoms. The predicted molar refractivity (Wildman–Crippen MR) is 106 cm³/mol. The number of rotatable bonds is 10. The molecule has 2 rings (SSSR count). The van der Waals surface area contributed by atoms with Gasteiger partial charge in [0, 0.05) is 17.9 Å². The van der Waals surface area contributed by atoms with Crippen molar-refractivity contribution in [1.82, 2.24) is 5.32 Å². The van der Waals surface area contributed by atoms with Gasteiger partial charge in [-0.1, -0.05) is 6.92 Å². The number of carbonyl (C=O) groups excluding carboxylic acids is 2. The number of esters is 1. The van der Waals surface area contributed by atoms with Crippen LogP contribution in [0.15, 0.2) is 40.8 Å². The van der Waals surface area contributed by atoms with Crippen LogP contribution in [0.25, 0.3) is 0 Å². The zero-order valence-corrected chi connectivity index (χ0v) is 16.5. The van der Waals surface area contributed by atoms with Crippen molar-refractivity contribution in [2.45, 2.75) is 25.8 Å². The molecular formula is C20H21N3O8. The fraction of sp³-hybridized carbons (Fsp3) is 0.250. The Kier molecular flexibility index (Phi) is 7.50. The molecule has 1 aromatic carbocycles. The van der Waals surface area contributed by atoms with E-state index in [4.69, 9.17) is 30.5 Å². The minimum absolute atomic E-state index is 0.0475. The van der Waals surface area contributed by atoms with E-state index in [1.165, 1.54) is 43.3 Å². The zero-order chi connectivity index (χ0) is 23.1. The summed E-state index contributed by atoms with van der Waals surface area (Å²) in [6.07, 6.45) is -0.705. The Bertz CT molecular complexity index is 996. The number of carbonyl (C=O) groups is 4. The van der Waals surface area contributed by atoms with Crippen molar-refractivity contribution < 1.29 is 38.5 Å². The monoisotopic (exact) mass is 431 g/mol. The number of furan rings is 1. The first kappa shape index (κ1) is 23.1. The van der Waals surface area contributed by atoms with Gasteiger partial charge in [-0.15, -0.1) is 0 Å². The molecule has 164 valence electrons. The maximum Gasteiger partial charge on any atom is 0.379 e. The van der Waals surface area contributed by atoms with E-state index in [0.717, 1.165) is 0 Å². The largest absolute Gasteiger partial charge is 0.481 e. The van der Waals surface area contributed by atoms with E-state index < -0.39 is 42.2 Å². The summed E-state index contributed by atoms with van der Waals surface area (Å²) in [6.45, 7) is 1.51. The van der Waals surface area contributed by atoms with E-state index in [1.807, 2.05) is 0 Å². The van der Waals surface area contributed by atoms with Crippen molar-refractivity contribution in [3.63, 3.8) is 0 Å². The quantitative estimate of drug-likeness (QED) is 0.158. The number of nitrogen functional groups attached to an aromatic ring is 1. The normalized spacial score (nSPS) is 12.4. The summed E-state index contributed by atoms with van der Waals surface area (Å²) in [5, 5.41) is 27.2. The second kappa shape index (κ2) is 10.1. The lowest BCUT2D eigenvalue weighted by Crippen LogP contribution is -2.44. The standard InChI is InChI=1S/C20H21N3O8/c1-10(18(26)23-14(19(27)28)9-16(24)25)8-13-6-7-15(30-13)20(29)31-12-4-2-11(3-5-12)17(21)22/h2-7,10,14H,8-9H2,1H3,(H3,21,22)(H,23,26)(H,24,25)(H,27,28)/t10-,14-/m0/s1. The van der Waals surface area contributed by atoms with E-state index in [-0.39, 0.29) is 29.5 Å². The van der Waals surface area contributed by atoms with Crippen molar-refractivity contribution in [2.75, 3.05) is 0 Å². The SMILES string of the molecule is C[C@@H](Cc1ccc(C(=O)Oc2ccc(C(=N)N)cc2)o1)C(=O)N[C@@H](CC(=O)O)C(=O)O. The Morgan fingerprint density at radius 3 is 2.32 bits per heavy atom. The summed E-state index contributed by atoms with van der Waals surface area (Å²) in [4.78, 5) is 46.2. The van der Waals surface area contributed by atoms with Crippen molar-refractivity contribution in [1.29, 1.82) is 5.41 Å². The number of nitrogens with one attached hydrogen (secondary N) is 2. The number of carboxylic acids is 2. The third kappa shape index (κ3) is 6.70. The first-order valence-corrected chi connectivity index (χ1v) is 9.07. The molecular weight excluding hydrogens is 410 g/mol. The Morgan fingerprint density at radius 2 is 1.77 bits per heavy atom. The van der Waals surface area contributed by atoms with Crippen molar-refractivity contribution >= 4 is 29.7 Å². The molecule has 0 aliphatic heterocycles. The molecule has 6 N–H and O–H groups in total. The van der Waals surface area contributed by atoms with Gasteiger partial charge in [0.25, 0.3) is 0 Å². The van der Waals surface area contributed by atoms with Gasteiger partial charge in [0.15, 0.2) is 0 Å². The van der Waals surface area contributed by atoms with Crippen LogP contribution in [0.4, 0.5) is 0 Å². The number of amidine groups is 1. The molecule has 31 heavy (non-hydrogen) atoms. The van der Waals surface area contributed by atoms with Crippen molar-refractivity contribution in [3.8, 4) is 5.75 Å². The molecule has 1 aromatic heterocycles. The van der Waals surface area contributed by atoms with Crippen molar-refractivity contribution in [3.05, 3.63) is 53.5 Å². The molecule has 0 saturated heterocycles. The highest BCUT2D eigenvalue weighted by molar-refractivity contribution is 5.95. The fourth-order valence-electron chi connectivity index (χ4n) is 2.54. The van der Waals surface area contributed by atoms with Crippen LogP contribution >= 0.6 is 0 Å². The van der Waals surface area contributed by atoms with Gasteiger partial charge in [-0.3, -0.25) is 15.0 Å².